The number of ether oxygens (including phenoxy) is 1. The molecule has 0 bridgehead atoms. The summed E-state index contributed by atoms with van der Waals surface area (Å²) < 4.78 is 5.69. The highest BCUT2D eigenvalue weighted by atomic mass is 16.5. The molecule has 108 valence electrons. The Morgan fingerprint density at radius 1 is 1.14 bits per heavy atom. The second-order valence-electron chi connectivity index (χ2n) is 5.19. The van der Waals surface area contributed by atoms with Gasteiger partial charge in [0.1, 0.15) is 6.10 Å². The molecule has 0 atom stereocenters. The molecule has 0 N–H and O–H groups in total. The topological polar surface area (TPSA) is 42.4 Å². The van der Waals surface area contributed by atoms with Gasteiger partial charge in [-0.3, -0.25) is 4.79 Å². The molecule has 0 saturated carbocycles. The Labute approximate surface area is 124 Å². The van der Waals surface area contributed by atoms with Crippen LogP contribution in [0.1, 0.15) is 12.0 Å². The lowest BCUT2D eigenvalue weighted by molar-refractivity contribution is -0.140. The van der Waals surface area contributed by atoms with Crippen LogP contribution in [0, 0.1) is 0 Å². The molecule has 0 radical (unpaired) electrons. The SMILES string of the molecule is O=C(CCc1ccccc1)N1CC(Oc2ccccn2)C1. The zero-order chi connectivity index (χ0) is 14.5. The molecule has 2 heterocycles. The molecule has 1 fully saturated rings. The maximum Gasteiger partial charge on any atom is 0.223 e. The smallest absolute Gasteiger partial charge is 0.223 e. The van der Waals surface area contributed by atoms with Gasteiger partial charge in [-0.25, -0.2) is 4.98 Å². The Hall–Kier alpha value is -2.36. The number of hydrogen-bond donors (Lipinski definition) is 0. The minimum Gasteiger partial charge on any atom is -0.471 e. The standard InChI is InChI=1S/C17H18N2O2/c20-17(10-9-14-6-2-1-3-7-14)19-12-15(13-19)21-16-8-4-5-11-18-16/h1-8,11,15H,9-10,12-13H2. The molecule has 1 aliphatic heterocycles. The summed E-state index contributed by atoms with van der Waals surface area (Å²) in [6, 6.07) is 15.7. The van der Waals surface area contributed by atoms with Crippen molar-refractivity contribution in [3.8, 4) is 5.88 Å². The molecule has 1 saturated heterocycles. The molecular weight excluding hydrogens is 264 g/mol. The van der Waals surface area contributed by atoms with Crippen LogP contribution < -0.4 is 4.74 Å². The van der Waals surface area contributed by atoms with E-state index >= 15 is 0 Å². The summed E-state index contributed by atoms with van der Waals surface area (Å²) in [4.78, 5) is 18.0. The van der Waals surface area contributed by atoms with Crippen molar-refractivity contribution in [1.82, 2.24) is 9.88 Å². The van der Waals surface area contributed by atoms with Crippen molar-refractivity contribution in [2.24, 2.45) is 0 Å². The summed E-state index contributed by atoms with van der Waals surface area (Å²) in [5.41, 5.74) is 1.20. The Kier molecular flexibility index (Phi) is 4.15. The molecule has 1 aromatic carbocycles. The molecule has 0 spiro atoms. The number of hydrogen-bond acceptors (Lipinski definition) is 3. The maximum absolute atomic E-state index is 12.1. The van der Waals surface area contributed by atoms with E-state index in [2.05, 4.69) is 17.1 Å². The van der Waals surface area contributed by atoms with Crippen LogP contribution in [0.15, 0.2) is 54.7 Å². The molecule has 1 aromatic heterocycles. The monoisotopic (exact) mass is 282 g/mol. The third-order valence-electron chi connectivity index (χ3n) is 3.60. The maximum atomic E-state index is 12.1. The van der Waals surface area contributed by atoms with E-state index in [0.717, 1.165) is 6.42 Å². The van der Waals surface area contributed by atoms with Crippen molar-refractivity contribution in [2.75, 3.05) is 13.1 Å². The average molecular weight is 282 g/mol. The largest absolute Gasteiger partial charge is 0.471 e. The van der Waals surface area contributed by atoms with Crippen molar-refractivity contribution in [1.29, 1.82) is 0 Å². The highest BCUT2D eigenvalue weighted by Gasteiger charge is 2.31. The van der Waals surface area contributed by atoms with E-state index in [4.69, 9.17) is 4.74 Å². The van der Waals surface area contributed by atoms with E-state index in [1.165, 1.54) is 5.56 Å². The summed E-state index contributed by atoms with van der Waals surface area (Å²) >= 11 is 0. The molecule has 0 unspecified atom stereocenters. The third kappa shape index (κ3) is 3.60. The van der Waals surface area contributed by atoms with Gasteiger partial charge < -0.3 is 9.64 Å². The highest BCUT2D eigenvalue weighted by molar-refractivity contribution is 5.77. The lowest BCUT2D eigenvalue weighted by Gasteiger charge is -2.38. The van der Waals surface area contributed by atoms with Crippen LogP contribution in [0.25, 0.3) is 0 Å². The fourth-order valence-corrected chi connectivity index (χ4v) is 2.36. The van der Waals surface area contributed by atoms with Gasteiger partial charge in [-0.15, -0.1) is 0 Å². The average Bonchev–Trinajstić information content (AvgIpc) is 2.50. The molecule has 4 heteroatoms. The third-order valence-corrected chi connectivity index (χ3v) is 3.60. The van der Waals surface area contributed by atoms with E-state index in [-0.39, 0.29) is 12.0 Å². The van der Waals surface area contributed by atoms with Crippen LogP contribution in [-0.4, -0.2) is 35.0 Å². The van der Waals surface area contributed by atoms with Gasteiger partial charge >= 0.3 is 0 Å². The van der Waals surface area contributed by atoms with Crippen LogP contribution >= 0.6 is 0 Å². The number of likely N-dealkylation sites (tertiary alicyclic amines) is 1. The first-order chi connectivity index (χ1) is 10.3. The van der Waals surface area contributed by atoms with Crippen molar-refractivity contribution >= 4 is 5.91 Å². The van der Waals surface area contributed by atoms with E-state index < -0.39 is 0 Å². The Morgan fingerprint density at radius 3 is 2.62 bits per heavy atom. The molecule has 1 amide bonds. The Balaban J connectivity index is 1.40. The molecule has 4 nitrogen and oxygen atoms in total. The fourth-order valence-electron chi connectivity index (χ4n) is 2.36. The second kappa shape index (κ2) is 6.39. The first-order valence-corrected chi connectivity index (χ1v) is 7.20. The summed E-state index contributed by atoms with van der Waals surface area (Å²) in [5.74, 6) is 0.818. The minimum absolute atomic E-state index is 0.0700. The molecule has 0 aliphatic carbocycles. The van der Waals surface area contributed by atoms with Gasteiger partial charge in [0.15, 0.2) is 0 Å². The van der Waals surface area contributed by atoms with Crippen molar-refractivity contribution < 1.29 is 9.53 Å². The first-order valence-electron chi connectivity index (χ1n) is 7.20. The predicted octanol–water partition coefficient (Wildman–Crippen LogP) is 2.30. The lowest BCUT2D eigenvalue weighted by Crippen LogP contribution is -2.56. The van der Waals surface area contributed by atoms with E-state index in [1.54, 1.807) is 6.20 Å². The summed E-state index contributed by atoms with van der Waals surface area (Å²) in [6.07, 6.45) is 3.12. The highest BCUT2D eigenvalue weighted by Crippen LogP contribution is 2.17. The lowest BCUT2D eigenvalue weighted by atomic mass is 10.1. The van der Waals surface area contributed by atoms with Gasteiger partial charge in [0.2, 0.25) is 11.8 Å². The van der Waals surface area contributed by atoms with Crippen LogP contribution in [0.5, 0.6) is 5.88 Å². The van der Waals surface area contributed by atoms with Crippen molar-refractivity contribution in [2.45, 2.75) is 18.9 Å². The second-order valence-corrected chi connectivity index (χ2v) is 5.19. The minimum atomic E-state index is 0.0700. The molecular formula is C17H18N2O2. The van der Waals surface area contributed by atoms with Gasteiger partial charge in [-0.05, 0) is 18.1 Å². The fraction of sp³-hybridized carbons (Fsp3) is 0.294. The predicted molar refractivity (Wildman–Crippen MR) is 80.0 cm³/mol. The van der Waals surface area contributed by atoms with Crippen molar-refractivity contribution in [3.05, 3.63) is 60.3 Å². The number of carbonyl (C=O) groups is 1. The summed E-state index contributed by atoms with van der Waals surface area (Å²) in [6.45, 7) is 1.31. The van der Waals surface area contributed by atoms with E-state index in [1.807, 2.05) is 41.3 Å². The van der Waals surface area contributed by atoms with Crippen LogP contribution in [0.3, 0.4) is 0 Å². The summed E-state index contributed by atoms with van der Waals surface area (Å²) in [7, 11) is 0. The van der Waals surface area contributed by atoms with Crippen LogP contribution in [-0.2, 0) is 11.2 Å². The molecule has 2 aromatic rings. The normalized spacial score (nSPS) is 14.6. The number of rotatable bonds is 5. The number of benzene rings is 1. The number of pyridine rings is 1. The molecule has 21 heavy (non-hydrogen) atoms. The van der Waals surface area contributed by atoms with Gasteiger partial charge in [0.25, 0.3) is 0 Å². The number of carbonyl (C=O) groups excluding carboxylic acids is 1. The van der Waals surface area contributed by atoms with Gasteiger partial charge in [-0.1, -0.05) is 36.4 Å². The number of nitrogens with zero attached hydrogens (tertiary/aromatic N) is 2. The van der Waals surface area contributed by atoms with Gasteiger partial charge in [0.05, 0.1) is 13.1 Å². The number of amides is 1. The van der Waals surface area contributed by atoms with Crippen molar-refractivity contribution in [3.63, 3.8) is 0 Å². The van der Waals surface area contributed by atoms with Gasteiger partial charge in [0, 0.05) is 18.7 Å². The Morgan fingerprint density at radius 2 is 1.90 bits per heavy atom. The van der Waals surface area contributed by atoms with Crippen LogP contribution in [0.4, 0.5) is 0 Å². The zero-order valence-electron chi connectivity index (χ0n) is 11.8. The quantitative estimate of drug-likeness (QED) is 0.845. The molecule has 1 aliphatic rings. The zero-order valence-corrected chi connectivity index (χ0v) is 11.8. The van der Waals surface area contributed by atoms with E-state index in [9.17, 15) is 4.79 Å². The molecule has 3 rings (SSSR count). The van der Waals surface area contributed by atoms with Crippen LogP contribution in [0.2, 0.25) is 0 Å². The Bertz CT molecular complexity index is 580. The van der Waals surface area contributed by atoms with E-state index in [0.29, 0.717) is 25.4 Å². The van der Waals surface area contributed by atoms with Gasteiger partial charge in [-0.2, -0.15) is 0 Å². The number of aryl methyl sites for hydroxylation is 1. The first kappa shape index (κ1) is 13.6. The summed E-state index contributed by atoms with van der Waals surface area (Å²) in [5, 5.41) is 0. The number of aromatic nitrogens is 1.